The van der Waals surface area contributed by atoms with Gasteiger partial charge in [0.1, 0.15) is 22.3 Å². The van der Waals surface area contributed by atoms with Gasteiger partial charge in [-0.1, -0.05) is 128 Å². The first kappa shape index (κ1) is 35.3. The summed E-state index contributed by atoms with van der Waals surface area (Å²) in [5.74, 6) is 0.157. The second-order valence-corrected chi connectivity index (χ2v) is 16.4. The van der Waals surface area contributed by atoms with Gasteiger partial charge in [-0.15, -0.1) is 0 Å². The van der Waals surface area contributed by atoms with E-state index >= 15 is 0 Å². The lowest BCUT2D eigenvalue weighted by Gasteiger charge is -2.23. The predicted molar refractivity (Wildman–Crippen MR) is 255 cm³/mol. The Labute approximate surface area is 353 Å². The van der Waals surface area contributed by atoms with E-state index in [9.17, 15) is 0 Å². The van der Waals surface area contributed by atoms with Crippen molar-refractivity contribution in [3.05, 3.63) is 211 Å². The molecule has 0 aliphatic heterocycles. The van der Waals surface area contributed by atoms with Crippen molar-refractivity contribution in [3.63, 3.8) is 0 Å². The summed E-state index contributed by atoms with van der Waals surface area (Å²) in [7, 11) is 0. The first-order valence-corrected chi connectivity index (χ1v) is 21.3. The zero-order chi connectivity index (χ0) is 40.6. The van der Waals surface area contributed by atoms with Crippen LogP contribution in [0.5, 0.6) is 0 Å². The average Bonchev–Trinajstić information content (AvgIpc) is 3.98. The molecule has 0 radical (unpaired) electrons. The van der Waals surface area contributed by atoms with E-state index in [1.807, 2.05) is 12.1 Å². The van der Waals surface area contributed by atoms with Gasteiger partial charge in [0.2, 0.25) is 0 Å². The van der Waals surface area contributed by atoms with E-state index in [1.54, 1.807) is 0 Å². The fourth-order valence-corrected chi connectivity index (χ4v) is 9.90. The van der Waals surface area contributed by atoms with E-state index in [0.29, 0.717) is 0 Å². The summed E-state index contributed by atoms with van der Waals surface area (Å²) in [5, 5.41) is 7.01. The highest BCUT2D eigenvalue weighted by molar-refractivity contribution is 6.13. The molecule has 9 aromatic carbocycles. The standard InChI is InChI=1S/C58H41NO2/c1-3-43(41-24-28-57-51(33-41)45-18-10-12-20-55(45)60-57)44-26-22-39(37-14-6-4-7-15-37)31-48(44)47-35-54-49(30-36(47)2)50-32-40(38-16-8-5-9-17-38)23-27-53(50)59(54)42-25-29-58-52(34-42)46-19-11-13-21-56(46)61-58/h4-35,43H,3H2,1-2H3/t43-/m0/s1. The first-order valence-electron chi connectivity index (χ1n) is 21.3. The molecule has 1 atom stereocenters. The molecule has 0 spiro atoms. The number of fused-ring (bicyclic) bond motifs is 9. The molecule has 3 heteroatoms. The topological polar surface area (TPSA) is 31.2 Å². The zero-order valence-corrected chi connectivity index (χ0v) is 34.0. The van der Waals surface area contributed by atoms with Crippen molar-refractivity contribution in [3.8, 4) is 39.1 Å². The van der Waals surface area contributed by atoms with Gasteiger partial charge in [-0.2, -0.15) is 0 Å². The van der Waals surface area contributed by atoms with Gasteiger partial charge in [0, 0.05) is 43.9 Å². The second-order valence-electron chi connectivity index (χ2n) is 16.4. The molecule has 0 aliphatic rings. The third kappa shape index (κ3) is 5.73. The molecule has 0 saturated heterocycles. The molecule has 0 bridgehead atoms. The summed E-state index contributed by atoms with van der Waals surface area (Å²) in [6.07, 6.45) is 0.946. The number of aromatic nitrogens is 1. The molecule has 0 N–H and O–H groups in total. The zero-order valence-electron chi connectivity index (χ0n) is 34.0. The van der Waals surface area contributed by atoms with Gasteiger partial charge < -0.3 is 13.4 Å². The van der Waals surface area contributed by atoms with Crippen LogP contribution in [0, 0.1) is 6.92 Å². The highest BCUT2D eigenvalue weighted by Gasteiger charge is 2.23. The third-order valence-corrected chi connectivity index (χ3v) is 12.9. The SMILES string of the molecule is CC[C@@H](c1ccc2oc3ccccc3c2c1)c1ccc(-c2ccccc2)cc1-c1cc2c(cc1C)c1cc(-c3ccccc3)ccc1n2-c1ccc2oc3ccccc3c2c1. The molecular formula is C58H41NO2. The minimum absolute atomic E-state index is 0.157. The lowest BCUT2D eigenvalue weighted by atomic mass is 9.81. The summed E-state index contributed by atoms with van der Waals surface area (Å²) in [6.45, 7) is 4.59. The molecule has 3 nitrogen and oxygen atoms in total. The molecule has 0 amide bonds. The molecule has 290 valence electrons. The van der Waals surface area contributed by atoms with E-state index in [1.165, 1.54) is 71.9 Å². The van der Waals surface area contributed by atoms with Gasteiger partial charge in [0.25, 0.3) is 0 Å². The number of benzene rings is 9. The molecule has 0 saturated carbocycles. The van der Waals surface area contributed by atoms with Crippen LogP contribution < -0.4 is 0 Å². The Morgan fingerprint density at radius 2 is 0.984 bits per heavy atom. The molecular weight excluding hydrogens is 743 g/mol. The number of nitrogens with zero attached hydrogens (tertiary/aromatic N) is 1. The minimum atomic E-state index is 0.157. The lowest BCUT2D eigenvalue weighted by molar-refractivity contribution is 0.668. The van der Waals surface area contributed by atoms with Gasteiger partial charge in [-0.3, -0.25) is 0 Å². The largest absolute Gasteiger partial charge is 0.456 e. The maximum atomic E-state index is 6.31. The lowest BCUT2D eigenvalue weighted by Crippen LogP contribution is -2.03. The average molecular weight is 784 g/mol. The fourth-order valence-electron chi connectivity index (χ4n) is 9.90. The van der Waals surface area contributed by atoms with E-state index in [-0.39, 0.29) is 5.92 Å². The van der Waals surface area contributed by atoms with E-state index in [2.05, 4.69) is 200 Å². The minimum Gasteiger partial charge on any atom is -0.456 e. The van der Waals surface area contributed by atoms with Crippen LogP contribution in [-0.2, 0) is 0 Å². The summed E-state index contributed by atoms with van der Waals surface area (Å²) >= 11 is 0. The number of hydrogen-bond donors (Lipinski definition) is 0. The Hall–Kier alpha value is -7.62. The van der Waals surface area contributed by atoms with E-state index in [0.717, 1.165) is 56.0 Å². The maximum Gasteiger partial charge on any atom is 0.135 e. The van der Waals surface area contributed by atoms with Crippen molar-refractivity contribution in [2.24, 2.45) is 0 Å². The Morgan fingerprint density at radius 3 is 1.67 bits per heavy atom. The number of furan rings is 2. The van der Waals surface area contributed by atoms with Gasteiger partial charge in [0.15, 0.2) is 0 Å². The Bertz CT molecular complexity index is 3640. The molecule has 3 aromatic heterocycles. The highest BCUT2D eigenvalue weighted by atomic mass is 16.3. The van der Waals surface area contributed by atoms with Crippen LogP contribution >= 0.6 is 0 Å². The predicted octanol–water partition coefficient (Wildman–Crippen LogP) is 16.4. The summed E-state index contributed by atoms with van der Waals surface area (Å²) in [6, 6.07) is 70.5. The van der Waals surface area contributed by atoms with Gasteiger partial charge >= 0.3 is 0 Å². The molecule has 3 heterocycles. The quantitative estimate of drug-likeness (QED) is 0.161. The Balaban J connectivity index is 1.12. The summed E-state index contributed by atoms with van der Waals surface area (Å²) < 4.78 is 15.0. The smallest absolute Gasteiger partial charge is 0.135 e. The molecule has 0 fully saturated rings. The van der Waals surface area contributed by atoms with Crippen LogP contribution in [0.25, 0.3) is 105 Å². The third-order valence-electron chi connectivity index (χ3n) is 12.9. The number of para-hydroxylation sites is 2. The fraction of sp³-hybridized carbons (Fsp3) is 0.0690. The summed E-state index contributed by atoms with van der Waals surface area (Å²) in [5.41, 5.74) is 18.2. The van der Waals surface area contributed by atoms with Crippen LogP contribution in [0.1, 0.15) is 36.0 Å². The number of aryl methyl sites for hydroxylation is 1. The molecule has 12 aromatic rings. The van der Waals surface area contributed by atoms with Crippen molar-refractivity contribution in [2.75, 3.05) is 0 Å². The normalized spacial score (nSPS) is 12.4. The first-order chi connectivity index (χ1) is 30.1. The van der Waals surface area contributed by atoms with Crippen LogP contribution in [-0.4, -0.2) is 4.57 Å². The Morgan fingerprint density at radius 1 is 0.410 bits per heavy atom. The van der Waals surface area contributed by atoms with E-state index in [4.69, 9.17) is 8.83 Å². The Kier molecular flexibility index (Phi) is 8.11. The van der Waals surface area contributed by atoms with Crippen LogP contribution in [0.4, 0.5) is 0 Å². The van der Waals surface area contributed by atoms with Crippen LogP contribution in [0.3, 0.4) is 0 Å². The molecule has 12 rings (SSSR count). The van der Waals surface area contributed by atoms with Crippen molar-refractivity contribution >= 4 is 65.7 Å². The van der Waals surface area contributed by atoms with Crippen molar-refractivity contribution in [2.45, 2.75) is 26.2 Å². The molecule has 61 heavy (non-hydrogen) atoms. The van der Waals surface area contributed by atoms with E-state index < -0.39 is 0 Å². The molecule has 0 aliphatic carbocycles. The van der Waals surface area contributed by atoms with Crippen LogP contribution in [0.15, 0.2) is 203 Å². The van der Waals surface area contributed by atoms with Crippen molar-refractivity contribution < 1.29 is 8.83 Å². The highest BCUT2D eigenvalue weighted by Crippen LogP contribution is 2.44. The second kappa shape index (κ2) is 14.0. The van der Waals surface area contributed by atoms with Gasteiger partial charge in [0.05, 0.1) is 11.0 Å². The van der Waals surface area contributed by atoms with Crippen LogP contribution in [0.2, 0.25) is 0 Å². The number of hydrogen-bond acceptors (Lipinski definition) is 2. The van der Waals surface area contributed by atoms with Crippen molar-refractivity contribution in [1.82, 2.24) is 4.57 Å². The monoisotopic (exact) mass is 783 g/mol. The molecule has 0 unspecified atom stereocenters. The maximum absolute atomic E-state index is 6.31. The number of rotatable bonds is 7. The van der Waals surface area contributed by atoms with Gasteiger partial charge in [-0.05, 0) is 136 Å². The summed E-state index contributed by atoms with van der Waals surface area (Å²) in [4.78, 5) is 0. The van der Waals surface area contributed by atoms with Gasteiger partial charge in [-0.25, -0.2) is 0 Å². The van der Waals surface area contributed by atoms with Crippen molar-refractivity contribution in [1.29, 1.82) is 0 Å².